The summed E-state index contributed by atoms with van der Waals surface area (Å²) in [5, 5.41) is 2.92. The van der Waals surface area contributed by atoms with E-state index in [0.29, 0.717) is 31.5 Å². The van der Waals surface area contributed by atoms with E-state index in [0.717, 1.165) is 17.7 Å². The predicted molar refractivity (Wildman–Crippen MR) is 97.3 cm³/mol. The molecule has 4 rings (SSSR count). The average molecular weight is 352 g/mol. The molecule has 0 fully saturated rings. The number of oxazole rings is 1. The highest BCUT2D eigenvalue weighted by Gasteiger charge is 2.22. The molecule has 1 aliphatic heterocycles. The van der Waals surface area contributed by atoms with Crippen molar-refractivity contribution in [2.24, 2.45) is 0 Å². The summed E-state index contributed by atoms with van der Waals surface area (Å²) in [4.78, 5) is 24.0. The van der Waals surface area contributed by atoms with Gasteiger partial charge in [-0.1, -0.05) is 30.3 Å². The number of amides is 1. The molecule has 1 aromatic heterocycles. The molecule has 0 saturated carbocycles. The molecule has 134 valence electrons. The second kappa shape index (κ2) is 7.07. The van der Waals surface area contributed by atoms with Crippen molar-refractivity contribution in [1.82, 2.24) is 9.88 Å². The Morgan fingerprint density at radius 1 is 1.15 bits per heavy atom. The van der Waals surface area contributed by atoms with Gasteiger partial charge in [-0.3, -0.25) is 9.36 Å². The summed E-state index contributed by atoms with van der Waals surface area (Å²) < 4.78 is 12.6. The Kier molecular flexibility index (Phi) is 4.48. The van der Waals surface area contributed by atoms with Crippen molar-refractivity contribution < 1.29 is 13.9 Å². The third kappa shape index (κ3) is 3.35. The van der Waals surface area contributed by atoms with Gasteiger partial charge in [0.05, 0.1) is 12.1 Å². The SMILES string of the molecule is O=C(CCCn1c(=O)oc2ccccc21)NCC1Cc2ccccc2O1. The van der Waals surface area contributed by atoms with Gasteiger partial charge in [0, 0.05) is 19.4 Å². The molecule has 3 aromatic rings. The van der Waals surface area contributed by atoms with E-state index in [9.17, 15) is 9.59 Å². The zero-order valence-corrected chi connectivity index (χ0v) is 14.3. The molecule has 6 nitrogen and oxygen atoms in total. The zero-order valence-electron chi connectivity index (χ0n) is 14.3. The number of aromatic nitrogens is 1. The Bertz CT molecular complexity index is 964. The van der Waals surface area contributed by atoms with Gasteiger partial charge in [0.2, 0.25) is 5.91 Å². The molecule has 1 N–H and O–H groups in total. The maximum atomic E-state index is 12.1. The molecule has 0 aliphatic carbocycles. The van der Waals surface area contributed by atoms with Crippen molar-refractivity contribution in [2.75, 3.05) is 6.54 Å². The minimum atomic E-state index is -0.385. The van der Waals surface area contributed by atoms with Crippen molar-refractivity contribution in [2.45, 2.75) is 31.9 Å². The molecule has 1 atom stereocenters. The van der Waals surface area contributed by atoms with Gasteiger partial charge in [-0.2, -0.15) is 0 Å². The zero-order chi connectivity index (χ0) is 17.9. The van der Waals surface area contributed by atoms with Crippen molar-refractivity contribution >= 4 is 17.0 Å². The Balaban J connectivity index is 1.25. The third-order valence-electron chi connectivity index (χ3n) is 4.60. The summed E-state index contributed by atoms with van der Waals surface area (Å²) in [6, 6.07) is 15.2. The first-order chi connectivity index (χ1) is 12.7. The number of nitrogens with zero attached hydrogens (tertiary/aromatic N) is 1. The van der Waals surface area contributed by atoms with Gasteiger partial charge in [-0.15, -0.1) is 0 Å². The van der Waals surface area contributed by atoms with Crippen LogP contribution in [0.25, 0.3) is 11.1 Å². The minimum Gasteiger partial charge on any atom is -0.488 e. The molecule has 2 heterocycles. The van der Waals surface area contributed by atoms with Gasteiger partial charge in [0.25, 0.3) is 0 Å². The molecular weight excluding hydrogens is 332 g/mol. The maximum absolute atomic E-state index is 12.1. The van der Waals surface area contributed by atoms with Crippen LogP contribution in [0.2, 0.25) is 0 Å². The van der Waals surface area contributed by atoms with E-state index < -0.39 is 0 Å². The van der Waals surface area contributed by atoms with Gasteiger partial charge in [0.1, 0.15) is 11.9 Å². The number of nitrogens with one attached hydrogen (secondary N) is 1. The first-order valence-corrected chi connectivity index (χ1v) is 8.80. The number of aryl methyl sites for hydroxylation is 1. The van der Waals surface area contributed by atoms with Gasteiger partial charge in [-0.05, 0) is 30.2 Å². The summed E-state index contributed by atoms with van der Waals surface area (Å²) in [5.41, 5.74) is 2.51. The molecule has 0 radical (unpaired) electrons. The Morgan fingerprint density at radius 2 is 1.96 bits per heavy atom. The van der Waals surface area contributed by atoms with Crippen LogP contribution in [0, 0.1) is 0 Å². The fourth-order valence-electron chi connectivity index (χ4n) is 3.31. The highest BCUT2D eigenvalue weighted by atomic mass is 16.5. The molecule has 1 aliphatic rings. The van der Waals surface area contributed by atoms with Crippen LogP contribution in [0.5, 0.6) is 5.75 Å². The van der Waals surface area contributed by atoms with Crippen molar-refractivity contribution in [3.63, 3.8) is 0 Å². The summed E-state index contributed by atoms with van der Waals surface area (Å²) in [6.07, 6.45) is 1.72. The second-order valence-corrected chi connectivity index (χ2v) is 6.45. The van der Waals surface area contributed by atoms with Crippen LogP contribution in [0.4, 0.5) is 0 Å². The minimum absolute atomic E-state index is 0.0169. The molecule has 0 bridgehead atoms. The lowest BCUT2D eigenvalue weighted by Crippen LogP contribution is -2.34. The molecule has 2 aromatic carbocycles. The highest BCUT2D eigenvalue weighted by Crippen LogP contribution is 2.27. The Morgan fingerprint density at radius 3 is 2.85 bits per heavy atom. The van der Waals surface area contributed by atoms with Crippen LogP contribution in [-0.2, 0) is 17.8 Å². The summed E-state index contributed by atoms with van der Waals surface area (Å²) in [6.45, 7) is 0.941. The van der Waals surface area contributed by atoms with Gasteiger partial charge in [0.15, 0.2) is 5.58 Å². The van der Waals surface area contributed by atoms with Crippen LogP contribution in [0.15, 0.2) is 57.7 Å². The van der Waals surface area contributed by atoms with Crippen LogP contribution >= 0.6 is 0 Å². The normalized spacial score (nSPS) is 15.6. The Hall–Kier alpha value is -3.02. The number of benzene rings is 2. The van der Waals surface area contributed by atoms with Gasteiger partial charge < -0.3 is 14.5 Å². The number of ether oxygens (including phenoxy) is 1. The molecule has 6 heteroatoms. The van der Waals surface area contributed by atoms with Crippen LogP contribution in [-0.4, -0.2) is 23.1 Å². The summed E-state index contributed by atoms with van der Waals surface area (Å²) >= 11 is 0. The predicted octanol–water partition coefficient (Wildman–Crippen LogP) is 2.49. The Labute approximate surface area is 150 Å². The number of para-hydroxylation sites is 3. The highest BCUT2D eigenvalue weighted by molar-refractivity contribution is 5.76. The lowest BCUT2D eigenvalue weighted by Gasteiger charge is -2.12. The molecule has 0 saturated heterocycles. The van der Waals surface area contributed by atoms with Crippen molar-refractivity contribution in [3.8, 4) is 5.75 Å². The fraction of sp³-hybridized carbons (Fsp3) is 0.300. The molecule has 1 unspecified atom stereocenters. The number of hydrogen-bond acceptors (Lipinski definition) is 4. The van der Waals surface area contributed by atoms with E-state index >= 15 is 0 Å². The first-order valence-electron chi connectivity index (χ1n) is 8.80. The van der Waals surface area contributed by atoms with Crippen LogP contribution < -0.4 is 15.8 Å². The van der Waals surface area contributed by atoms with E-state index in [1.165, 1.54) is 5.56 Å². The first kappa shape index (κ1) is 16.4. The van der Waals surface area contributed by atoms with E-state index in [1.54, 1.807) is 10.6 Å². The number of hydrogen-bond donors (Lipinski definition) is 1. The molecule has 0 spiro atoms. The molecule has 26 heavy (non-hydrogen) atoms. The lowest BCUT2D eigenvalue weighted by atomic mass is 10.1. The van der Waals surface area contributed by atoms with Crippen molar-refractivity contribution in [3.05, 3.63) is 64.6 Å². The lowest BCUT2D eigenvalue weighted by molar-refractivity contribution is -0.121. The topological polar surface area (TPSA) is 73.5 Å². The van der Waals surface area contributed by atoms with Crippen LogP contribution in [0.1, 0.15) is 18.4 Å². The third-order valence-corrected chi connectivity index (χ3v) is 4.60. The average Bonchev–Trinajstić information content (AvgIpc) is 3.20. The van der Waals surface area contributed by atoms with Gasteiger partial charge >= 0.3 is 5.76 Å². The second-order valence-electron chi connectivity index (χ2n) is 6.45. The standard InChI is InChI=1S/C20H20N2O4/c23-19(21-13-15-12-14-6-1-3-8-17(14)25-15)10-5-11-22-16-7-2-4-9-18(16)26-20(22)24/h1-4,6-9,15H,5,10-13H2,(H,21,23). The van der Waals surface area contributed by atoms with E-state index in [-0.39, 0.29) is 17.8 Å². The quantitative estimate of drug-likeness (QED) is 0.740. The van der Waals surface area contributed by atoms with E-state index in [2.05, 4.69) is 5.32 Å². The largest absolute Gasteiger partial charge is 0.488 e. The number of carbonyl (C=O) groups excluding carboxylic acids is 1. The summed E-state index contributed by atoms with van der Waals surface area (Å²) in [5.74, 6) is 0.479. The van der Waals surface area contributed by atoms with Crippen molar-refractivity contribution in [1.29, 1.82) is 0 Å². The fourth-order valence-corrected chi connectivity index (χ4v) is 3.31. The number of rotatable bonds is 6. The van der Waals surface area contributed by atoms with Crippen LogP contribution in [0.3, 0.4) is 0 Å². The monoisotopic (exact) mass is 352 g/mol. The number of fused-ring (bicyclic) bond motifs is 2. The molecule has 1 amide bonds. The summed E-state index contributed by atoms with van der Waals surface area (Å²) in [7, 11) is 0. The van der Waals surface area contributed by atoms with Gasteiger partial charge in [-0.25, -0.2) is 4.79 Å². The smallest absolute Gasteiger partial charge is 0.419 e. The van der Waals surface area contributed by atoms with E-state index in [1.807, 2.05) is 42.5 Å². The van der Waals surface area contributed by atoms with E-state index in [4.69, 9.17) is 9.15 Å². The maximum Gasteiger partial charge on any atom is 0.419 e. The molecular formula is C20H20N2O4. The number of carbonyl (C=O) groups is 1.